The van der Waals surface area contributed by atoms with Crippen LogP contribution in [0.4, 0.5) is 0 Å². The van der Waals surface area contributed by atoms with Crippen LogP contribution in [0.15, 0.2) is 10.6 Å². The van der Waals surface area contributed by atoms with Crippen LogP contribution in [0.5, 0.6) is 5.88 Å². The zero-order chi connectivity index (χ0) is 15.0. The molecule has 2 aliphatic heterocycles. The van der Waals surface area contributed by atoms with Gasteiger partial charge in [-0.2, -0.15) is 0 Å². The summed E-state index contributed by atoms with van der Waals surface area (Å²) in [4.78, 5) is 28.3. The van der Waals surface area contributed by atoms with Gasteiger partial charge < -0.3 is 19.1 Å². The summed E-state index contributed by atoms with van der Waals surface area (Å²) in [7, 11) is 3.29. The molecule has 0 aliphatic carbocycles. The first-order valence-electron chi connectivity index (χ1n) is 7.11. The van der Waals surface area contributed by atoms with E-state index in [0.29, 0.717) is 13.1 Å². The number of piperidine rings is 1. The quantitative estimate of drug-likeness (QED) is 0.805. The third-order valence-corrected chi connectivity index (χ3v) is 4.50. The molecule has 0 N–H and O–H groups in total. The second-order valence-electron chi connectivity index (χ2n) is 5.82. The molecule has 1 unspecified atom stereocenters. The molecule has 0 radical (unpaired) electrons. The summed E-state index contributed by atoms with van der Waals surface area (Å²) in [6.07, 6.45) is 2.49. The van der Waals surface area contributed by atoms with Crippen LogP contribution < -0.4 is 4.74 Å². The van der Waals surface area contributed by atoms with Crippen LogP contribution in [0.1, 0.15) is 29.8 Å². The summed E-state index contributed by atoms with van der Waals surface area (Å²) >= 11 is 0. The third kappa shape index (κ3) is 2.26. The zero-order valence-corrected chi connectivity index (χ0v) is 12.3. The number of rotatable bonds is 2. The molecular weight excluding hydrogens is 274 g/mol. The maximum absolute atomic E-state index is 12.5. The summed E-state index contributed by atoms with van der Waals surface area (Å²) in [5, 5.41) is 3.65. The molecule has 7 heteroatoms. The Bertz CT molecular complexity index is 566. The summed E-state index contributed by atoms with van der Waals surface area (Å²) in [5.74, 6) is 0.354. The summed E-state index contributed by atoms with van der Waals surface area (Å²) in [6, 6.07) is 1.48. The van der Waals surface area contributed by atoms with Gasteiger partial charge in [0.1, 0.15) is 0 Å². The fourth-order valence-electron chi connectivity index (χ4n) is 3.29. The SMILES string of the molecule is COc1cc(C(=O)N2CCCC3(CCN(C)C3=O)C2)on1. The van der Waals surface area contributed by atoms with Gasteiger partial charge in [-0.3, -0.25) is 9.59 Å². The highest BCUT2D eigenvalue weighted by Crippen LogP contribution is 2.39. The van der Waals surface area contributed by atoms with Crippen molar-refractivity contribution in [2.75, 3.05) is 33.8 Å². The molecule has 2 aliphatic rings. The van der Waals surface area contributed by atoms with Gasteiger partial charge in [0.05, 0.1) is 18.6 Å². The molecule has 1 aromatic heterocycles. The van der Waals surface area contributed by atoms with Crippen molar-refractivity contribution in [3.05, 3.63) is 11.8 Å². The molecule has 0 aromatic carbocycles. The molecule has 1 atom stereocenters. The maximum Gasteiger partial charge on any atom is 0.292 e. The molecule has 2 saturated heterocycles. The van der Waals surface area contributed by atoms with Gasteiger partial charge in [0.25, 0.3) is 11.8 Å². The molecule has 114 valence electrons. The van der Waals surface area contributed by atoms with E-state index in [9.17, 15) is 9.59 Å². The number of carbonyl (C=O) groups excluding carboxylic acids is 2. The van der Waals surface area contributed by atoms with Crippen LogP contribution in [0.2, 0.25) is 0 Å². The molecule has 3 rings (SSSR count). The van der Waals surface area contributed by atoms with Crippen LogP contribution in [0, 0.1) is 5.41 Å². The van der Waals surface area contributed by atoms with Gasteiger partial charge in [0.15, 0.2) is 0 Å². The van der Waals surface area contributed by atoms with E-state index in [2.05, 4.69) is 5.16 Å². The van der Waals surface area contributed by atoms with Gasteiger partial charge in [0, 0.05) is 26.7 Å². The van der Waals surface area contributed by atoms with E-state index < -0.39 is 5.41 Å². The Balaban J connectivity index is 1.77. The van der Waals surface area contributed by atoms with E-state index in [0.717, 1.165) is 25.8 Å². The lowest BCUT2D eigenvalue weighted by molar-refractivity contribution is -0.137. The van der Waals surface area contributed by atoms with Crippen molar-refractivity contribution in [3.63, 3.8) is 0 Å². The normalized spacial score (nSPS) is 25.7. The number of nitrogens with zero attached hydrogens (tertiary/aromatic N) is 3. The van der Waals surface area contributed by atoms with E-state index in [1.54, 1.807) is 9.80 Å². The molecule has 0 saturated carbocycles. The van der Waals surface area contributed by atoms with Crippen molar-refractivity contribution in [2.24, 2.45) is 5.41 Å². The average Bonchev–Trinajstić information content (AvgIpc) is 3.09. The summed E-state index contributed by atoms with van der Waals surface area (Å²) < 4.78 is 9.93. The van der Waals surface area contributed by atoms with Crippen LogP contribution >= 0.6 is 0 Å². The second-order valence-corrected chi connectivity index (χ2v) is 5.82. The first-order valence-corrected chi connectivity index (χ1v) is 7.11. The number of likely N-dealkylation sites (tertiary alicyclic amines) is 2. The highest BCUT2D eigenvalue weighted by molar-refractivity contribution is 5.93. The minimum Gasteiger partial charge on any atom is -0.479 e. The number of aromatic nitrogens is 1. The zero-order valence-electron chi connectivity index (χ0n) is 12.3. The van der Waals surface area contributed by atoms with Gasteiger partial charge in [-0.25, -0.2) is 0 Å². The number of amides is 2. The number of ether oxygens (including phenoxy) is 1. The smallest absolute Gasteiger partial charge is 0.292 e. The Hall–Kier alpha value is -2.05. The van der Waals surface area contributed by atoms with Gasteiger partial charge in [-0.05, 0) is 24.4 Å². The number of hydrogen-bond donors (Lipinski definition) is 0. The Morgan fingerprint density at radius 3 is 2.86 bits per heavy atom. The fourth-order valence-corrected chi connectivity index (χ4v) is 3.29. The molecule has 2 amide bonds. The van der Waals surface area contributed by atoms with E-state index in [-0.39, 0.29) is 23.5 Å². The highest BCUT2D eigenvalue weighted by atomic mass is 16.5. The lowest BCUT2D eigenvalue weighted by Gasteiger charge is -2.38. The van der Waals surface area contributed by atoms with Crippen molar-refractivity contribution in [1.82, 2.24) is 15.0 Å². The molecular formula is C14H19N3O4. The van der Waals surface area contributed by atoms with Gasteiger partial charge in [-0.15, -0.1) is 0 Å². The van der Waals surface area contributed by atoms with Crippen molar-refractivity contribution in [2.45, 2.75) is 19.3 Å². The minimum absolute atomic E-state index is 0.148. The number of carbonyl (C=O) groups is 2. The second kappa shape index (κ2) is 5.05. The van der Waals surface area contributed by atoms with Crippen molar-refractivity contribution < 1.29 is 18.8 Å². The van der Waals surface area contributed by atoms with E-state index in [4.69, 9.17) is 9.26 Å². The molecule has 3 heterocycles. The van der Waals surface area contributed by atoms with E-state index >= 15 is 0 Å². The Morgan fingerprint density at radius 1 is 1.43 bits per heavy atom. The Kier molecular flexibility index (Phi) is 3.35. The van der Waals surface area contributed by atoms with Gasteiger partial charge in [0.2, 0.25) is 11.7 Å². The van der Waals surface area contributed by atoms with Crippen LogP contribution in [0.3, 0.4) is 0 Å². The Labute approximate surface area is 122 Å². The molecule has 1 aromatic rings. The van der Waals surface area contributed by atoms with Crippen LogP contribution in [-0.2, 0) is 4.79 Å². The van der Waals surface area contributed by atoms with Gasteiger partial charge in [-0.1, -0.05) is 0 Å². The lowest BCUT2D eigenvalue weighted by atomic mass is 9.78. The topological polar surface area (TPSA) is 75.9 Å². The largest absolute Gasteiger partial charge is 0.479 e. The molecule has 2 fully saturated rings. The average molecular weight is 293 g/mol. The fraction of sp³-hybridized carbons (Fsp3) is 0.643. The minimum atomic E-state index is -0.410. The predicted molar refractivity (Wildman–Crippen MR) is 72.9 cm³/mol. The maximum atomic E-state index is 12.5. The standard InChI is InChI=1S/C14H19N3O4/c1-16-7-5-14(13(16)19)4-3-6-17(9-14)12(18)10-8-11(20-2)15-21-10/h8H,3-7,9H2,1-2H3. The number of methoxy groups -OCH3 is 1. The first-order chi connectivity index (χ1) is 10.1. The van der Waals surface area contributed by atoms with E-state index in [1.165, 1.54) is 13.2 Å². The van der Waals surface area contributed by atoms with Gasteiger partial charge >= 0.3 is 0 Å². The van der Waals surface area contributed by atoms with E-state index in [1.807, 2.05) is 7.05 Å². The molecule has 7 nitrogen and oxygen atoms in total. The molecule has 21 heavy (non-hydrogen) atoms. The lowest BCUT2D eigenvalue weighted by Crippen LogP contribution is -2.49. The van der Waals surface area contributed by atoms with Crippen molar-refractivity contribution >= 4 is 11.8 Å². The monoisotopic (exact) mass is 293 g/mol. The summed E-state index contributed by atoms with van der Waals surface area (Å²) in [5.41, 5.74) is -0.410. The molecule has 0 bridgehead atoms. The predicted octanol–water partition coefficient (Wildman–Crippen LogP) is 0.768. The number of hydrogen-bond acceptors (Lipinski definition) is 5. The van der Waals surface area contributed by atoms with Crippen LogP contribution in [0.25, 0.3) is 0 Å². The third-order valence-electron chi connectivity index (χ3n) is 4.50. The van der Waals surface area contributed by atoms with Crippen molar-refractivity contribution in [1.29, 1.82) is 0 Å². The summed E-state index contributed by atoms with van der Waals surface area (Å²) in [6.45, 7) is 1.86. The van der Waals surface area contributed by atoms with Crippen molar-refractivity contribution in [3.8, 4) is 5.88 Å². The first kappa shape index (κ1) is 13.9. The van der Waals surface area contributed by atoms with Crippen LogP contribution in [-0.4, -0.2) is 60.6 Å². The Morgan fingerprint density at radius 2 is 2.24 bits per heavy atom. The highest BCUT2D eigenvalue weighted by Gasteiger charge is 2.48. The molecule has 1 spiro atoms.